The van der Waals surface area contributed by atoms with Gasteiger partial charge in [-0.25, -0.2) is 0 Å². The summed E-state index contributed by atoms with van der Waals surface area (Å²) in [6.45, 7) is 8.05. The Labute approximate surface area is 131 Å². The minimum atomic E-state index is -0.281. The minimum absolute atomic E-state index is 0.0542. The van der Waals surface area contributed by atoms with E-state index in [2.05, 4.69) is 12.2 Å². The van der Waals surface area contributed by atoms with Gasteiger partial charge < -0.3 is 14.8 Å². The Balaban J connectivity index is 2.83. The molecule has 1 atom stereocenters. The topological polar surface area (TPSA) is 30.5 Å². The molecule has 0 fully saturated rings. The normalized spacial score (nSPS) is 12.9. The second-order valence-electron chi connectivity index (χ2n) is 4.38. The number of likely N-dealkylation sites (N-methyl/N-ethyl adjacent to an activating group) is 1. The zero-order valence-electron chi connectivity index (χ0n) is 12.3. The standard InChI is InChI=1S/C15H23Cl2NO2/c1-4-18-14(15(19-5-2)20-6-3)9-11-7-8-12(16)10-13(11)17/h7-8,10,14-15,18H,4-6,9H2,1-3H3. The zero-order valence-corrected chi connectivity index (χ0v) is 13.8. The first kappa shape index (κ1) is 17.7. The Morgan fingerprint density at radius 3 is 2.25 bits per heavy atom. The lowest BCUT2D eigenvalue weighted by Gasteiger charge is -2.27. The smallest absolute Gasteiger partial charge is 0.172 e. The van der Waals surface area contributed by atoms with E-state index >= 15 is 0 Å². The number of hydrogen-bond donors (Lipinski definition) is 1. The van der Waals surface area contributed by atoms with Crippen LogP contribution in [-0.4, -0.2) is 32.1 Å². The van der Waals surface area contributed by atoms with Crippen LogP contribution < -0.4 is 5.32 Å². The number of ether oxygens (including phenoxy) is 2. The fourth-order valence-corrected chi connectivity index (χ4v) is 2.55. The maximum Gasteiger partial charge on any atom is 0.172 e. The van der Waals surface area contributed by atoms with Gasteiger partial charge in [-0.3, -0.25) is 0 Å². The number of nitrogens with one attached hydrogen (secondary N) is 1. The molecule has 0 aliphatic heterocycles. The third-order valence-electron chi connectivity index (χ3n) is 2.91. The molecule has 20 heavy (non-hydrogen) atoms. The molecular weight excluding hydrogens is 297 g/mol. The Bertz CT molecular complexity index is 395. The maximum absolute atomic E-state index is 6.24. The van der Waals surface area contributed by atoms with Gasteiger partial charge in [0.2, 0.25) is 0 Å². The van der Waals surface area contributed by atoms with Crippen LogP contribution >= 0.6 is 23.2 Å². The van der Waals surface area contributed by atoms with Gasteiger partial charge in [0, 0.05) is 23.3 Å². The monoisotopic (exact) mass is 319 g/mol. The molecule has 1 aromatic carbocycles. The Kier molecular flexibility index (Phi) is 8.50. The second kappa shape index (κ2) is 9.59. The van der Waals surface area contributed by atoms with Crippen molar-refractivity contribution in [3.63, 3.8) is 0 Å². The summed E-state index contributed by atoms with van der Waals surface area (Å²) in [5.41, 5.74) is 1.03. The zero-order chi connectivity index (χ0) is 15.0. The molecule has 3 nitrogen and oxygen atoms in total. The second-order valence-corrected chi connectivity index (χ2v) is 5.23. The van der Waals surface area contributed by atoms with Crippen molar-refractivity contribution in [2.24, 2.45) is 0 Å². The van der Waals surface area contributed by atoms with Gasteiger partial charge in [-0.1, -0.05) is 36.2 Å². The molecule has 0 heterocycles. The van der Waals surface area contributed by atoms with Gasteiger partial charge in [-0.05, 0) is 44.5 Å². The van der Waals surface area contributed by atoms with E-state index in [-0.39, 0.29) is 12.3 Å². The predicted octanol–water partition coefficient (Wildman–Crippen LogP) is 3.91. The Morgan fingerprint density at radius 1 is 1.10 bits per heavy atom. The number of hydrogen-bond acceptors (Lipinski definition) is 3. The molecule has 0 spiro atoms. The van der Waals surface area contributed by atoms with E-state index in [0.717, 1.165) is 18.5 Å². The van der Waals surface area contributed by atoms with E-state index in [1.807, 2.05) is 26.0 Å². The van der Waals surface area contributed by atoms with Crippen molar-refractivity contribution >= 4 is 23.2 Å². The van der Waals surface area contributed by atoms with Crippen LogP contribution in [0.2, 0.25) is 10.0 Å². The van der Waals surface area contributed by atoms with Crippen LogP contribution in [0.5, 0.6) is 0 Å². The fourth-order valence-electron chi connectivity index (χ4n) is 2.06. The van der Waals surface area contributed by atoms with Gasteiger partial charge in [-0.2, -0.15) is 0 Å². The van der Waals surface area contributed by atoms with Crippen molar-refractivity contribution in [1.29, 1.82) is 0 Å². The van der Waals surface area contributed by atoms with E-state index in [1.54, 1.807) is 6.07 Å². The summed E-state index contributed by atoms with van der Waals surface area (Å²) in [6, 6.07) is 5.61. The molecule has 1 aromatic rings. The van der Waals surface area contributed by atoms with Gasteiger partial charge in [0.15, 0.2) is 6.29 Å². The van der Waals surface area contributed by atoms with Crippen LogP contribution in [0.1, 0.15) is 26.3 Å². The summed E-state index contributed by atoms with van der Waals surface area (Å²) in [7, 11) is 0. The summed E-state index contributed by atoms with van der Waals surface area (Å²) in [5, 5.41) is 4.72. The molecule has 1 unspecified atom stereocenters. The van der Waals surface area contributed by atoms with Crippen LogP contribution in [0, 0.1) is 0 Å². The Morgan fingerprint density at radius 2 is 1.75 bits per heavy atom. The van der Waals surface area contributed by atoms with Gasteiger partial charge in [-0.15, -0.1) is 0 Å². The summed E-state index contributed by atoms with van der Waals surface area (Å²) in [6.07, 6.45) is 0.450. The highest BCUT2D eigenvalue weighted by atomic mass is 35.5. The van der Waals surface area contributed by atoms with Crippen LogP contribution in [0.15, 0.2) is 18.2 Å². The van der Waals surface area contributed by atoms with E-state index in [1.165, 1.54) is 0 Å². The van der Waals surface area contributed by atoms with E-state index in [0.29, 0.717) is 23.3 Å². The van der Waals surface area contributed by atoms with Crippen molar-refractivity contribution in [2.75, 3.05) is 19.8 Å². The molecule has 1 N–H and O–H groups in total. The highest BCUT2D eigenvalue weighted by Crippen LogP contribution is 2.23. The average Bonchev–Trinajstić information content (AvgIpc) is 2.41. The van der Waals surface area contributed by atoms with E-state index < -0.39 is 0 Å². The van der Waals surface area contributed by atoms with Gasteiger partial charge in [0.05, 0.1) is 6.04 Å². The summed E-state index contributed by atoms with van der Waals surface area (Å²) in [5.74, 6) is 0. The first-order valence-corrected chi connectivity index (χ1v) is 7.78. The summed E-state index contributed by atoms with van der Waals surface area (Å²) >= 11 is 12.2. The fraction of sp³-hybridized carbons (Fsp3) is 0.600. The van der Waals surface area contributed by atoms with Crippen molar-refractivity contribution in [1.82, 2.24) is 5.32 Å². The van der Waals surface area contributed by atoms with Crippen LogP contribution in [-0.2, 0) is 15.9 Å². The number of benzene rings is 1. The highest BCUT2D eigenvalue weighted by Gasteiger charge is 2.22. The first-order chi connectivity index (χ1) is 9.62. The van der Waals surface area contributed by atoms with E-state index in [4.69, 9.17) is 32.7 Å². The first-order valence-electron chi connectivity index (χ1n) is 7.02. The molecule has 0 radical (unpaired) electrons. The quantitative estimate of drug-likeness (QED) is 0.700. The summed E-state index contributed by atoms with van der Waals surface area (Å²) < 4.78 is 11.4. The third kappa shape index (κ3) is 5.58. The van der Waals surface area contributed by atoms with Gasteiger partial charge in [0.25, 0.3) is 0 Å². The highest BCUT2D eigenvalue weighted by molar-refractivity contribution is 6.35. The molecule has 114 valence electrons. The SMILES string of the molecule is CCNC(Cc1ccc(Cl)cc1Cl)C(OCC)OCC. The molecule has 1 rings (SSSR count). The maximum atomic E-state index is 6.24. The largest absolute Gasteiger partial charge is 0.351 e. The van der Waals surface area contributed by atoms with Gasteiger partial charge in [0.1, 0.15) is 0 Å². The van der Waals surface area contributed by atoms with Gasteiger partial charge >= 0.3 is 0 Å². The third-order valence-corrected chi connectivity index (χ3v) is 3.50. The number of halogens is 2. The van der Waals surface area contributed by atoms with Crippen LogP contribution in [0.25, 0.3) is 0 Å². The van der Waals surface area contributed by atoms with Crippen molar-refractivity contribution in [2.45, 2.75) is 39.5 Å². The van der Waals surface area contributed by atoms with Crippen molar-refractivity contribution < 1.29 is 9.47 Å². The molecule has 0 saturated carbocycles. The molecule has 0 amide bonds. The van der Waals surface area contributed by atoms with Crippen molar-refractivity contribution in [3.8, 4) is 0 Å². The lowest BCUT2D eigenvalue weighted by Crippen LogP contribution is -2.44. The lowest BCUT2D eigenvalue weighted by atomic mass is 10.1. The molecule has 0 aliphatic rings. The molecule has 0 saturated heterocycles. The summed E-state index contributed by atoms with van der Waals surface area (Å²) in [4.78, 5) is 0. The van der Waals surface area contributed by atoms with Crippen LogP contribution in [0.3, 0.4) is 0 Å². The number of rotatable bonds is 9. The minimum Gasteiger partial charge on any atom is -0.351 e. The molecule has 0 aromatic heterocycles. The van der Waals surface area contributed by atoms with Crippen LogP contribution in [0.4, 0.5) is 0 Å². The predicted molar refractivity (Wildman–Crippen MR) is 84.7 cm³/mol. The molecule has 0 aliphatic carbocycles. The lowest BCUT2D eigenvalue weighted by molar-refractivity contribution is -0.153. The molecule has 5 heteroatoms. The Hall–Kier alpha value is -0.320. The van der Waals surface area contributed by atoms with Crippen molar-refractivity contribution in [3.05, 3.63) is 33.8 Å². The molecule has 0 bridgehead atoms. The van der Waals surface area contributed by atoms with E-state index in [9.17, 15) is 0 Å². The average molecular weight is 320 g/mol. The molecular formula is C15H23Cl2NO2.